The molecule has 1 aliphatic carbocycles. The normalized spacial score (nSPS) is 19.9. The zero-order valence-electron chi connectivity index (χ0n) is 16.3. The Morgan fingerprint density at radius 1 is 1.00 bits per heavy atom. The highest BCUT2D eigenvalue weighted by atomic mass is 35.5. The predicted octanol–water partition coefficient (Wildman–Crippen LogP) is 2.98. The molecule has 11 heteroatoms. The van der Waals surface area contributed by atoms with Crippen molar-refractivity contribution >= 4 is 53.0 Å². The number of aromatic nitrogens is 3. The molecule has 4 N–H and O–H groups in total. The number of fused-ring (bicyclic) bond motifs is 1. The van der Waals surface area contributed by atoms with Gasteiger partial charge in [-0.05, 0) is 34.9 Å². The van der Waals surface area contributed by atoms with E-state index in [0.717, 1.165) is 10.8 Å². The van der Waals surface area contributed by atoms with E-state index in [1.807, 2.05) is 36.4 Å². The summed E-state index contributed by atoms with van der Waals surface area (Å²) in [5.74, 6) is -0.210. The zero-order valence-corrected chi connectivity index (χ0v) is 18.7. The number of hydrogen-bond acceptors (Lipinski definition) is 8. The number of ether oxygens (including phenoxy) is 2. The molecule has 2 aromatic carbocycles. The second-order valence-corrected chi connectivity index (χ2v) is 7.33. The van der Waals surface area contributed by atoms with Crippen LogP contribution in [0, 0.1) is 0 Å². The molecule has 1 saturated carbocycles. The Morgan fingerprint density at radius 2 is 1.71 bits per heavy atom. The van der Waals surface area contributed by atoms with Crippen LogP contribution >= 0.6 is 36.4 Å². The van der Waals surface area contributed by atoms with Gasteiger partial charge < -0.3 is 20.9 Å². The van der Waals surface area contributed by atoms with Gasteiger partial charge in [0.15, 0.2) is 12.4 Å². The largest absolute Gasteiger partial charge is 0.458 e. The Hall–Kier alpha value is -2.23. The van der Waals surface area contributed by atoms with E-state index in [9.17, 15) is 4.79 Å². The van der Waals surface area contributed by atoms with E-state index in [1.54, 1.807) is 6.07 Å². The van der Waals surface area contributed by atoms with Crippen LogP contribution in [0.5, 0.6) is 12.0 Å². The van der Waals surface area contributed by atoms with Crippen LogP contribution < -0.4 is 20.9 Å². The topological polar surface area (TPSA) is 126 Å². The van der Waals surface area contributed by atoms with Gasteiger partial charge in [-0.2, -0.15) is 9.97 Å². The minimum absolute atomic E-state index is 0. The van der Waals surface area contributed by atoms with Gasteiger partial charge in [-0.15, -0.1) is 29.8 Å². The number of nitrogens with zero attached hydrogens (tertiary/aromatic N) is 3. The van der Waals surface area contributed by atoms with E-state index in [2.05, 4.69) is 15.0 Å². The van der Waals surface area contributed by atoms with Gasteiger partial charge in [0.25, 0.3) is 0 Å². The fourth-order valence-corrected chi connectivity index (χ4v) is 3.49. The average molecular weight is 487 g/mol. The second-order valence-electron chi connectivity index (χ2n) is 7.00. The predicted molar refractivity (Wildman–Crippen MR) is 123 cm³/mol. The number of carbonyl (C=O) groups excluding carboxylic acids is 1. The van der Waals surface area contributed by atoms with Gasteiger partial charge in [-0.25, -0.2) is 0 Å². The van der Waals surface area contributed by atoms with Gasteiger partial charge >= 0.3 is 12.0 Å². The number of carbonyl (C=O) groups is 1. The Labute approximate surface area is 196 Å². The van der Waals surface area contributed by atoms with Crippen LogP contribution in [0.2, 0.25) is 5.28 Å². The molecular weight excluding hydrogens is 465 g/mol. The Bertz CT molecular complexity index is 1060. The van der Waals surface area contributed by atoms with E-state index in [4.69, 9.17) is 32.5 Å². The van der Waals surface area contributed by atoms with Crippen molar-refractivity contribution in [3.63, 3.8) is 0 Å². The highest BCUT2D eigenvalue weighted by molar-refractivity contribution is 6.28. The number of hydrogen-bond donors (Lipinski definition) is 2. The number of rotatable bonds is 6. The summed E-state index contributed by atoms with van der Waals surface area (Å²) >= 11 is 5.94. The number of halogens is 3. The van der Waals surface area contributed by atoms with Crippen LogP contribution in [0.3, 0.4) is 0 Å². The summed E-state index contributed by atoms with van der Waals surface area (Å²) in [6, 6.07) is 12.9. The summed E-state index contributed by atoms with van der Waals surface area (Å²) < 4.78 is 11.1. The van der Waals surface area contributed by atoms with Gasteiger partial charge in [0.05, 0.1) is 0 Å². The number of nitrogens with two attached hydrogens (primary N) is 2. The third-order valence-corrected chi connectivity index (χ3v) is 4.98. The molecular formula is C20H22Cl3N5O3. The summed E-state index contributed by atoms with van der Waals surface area (Å²) in [6.45, 7) is -0.244. The van der Waals surface area contributed by atoms with Gasteiger partial charge in [-0.3, -0.25) is 4.79 Å². The number of ketones is 1. The summed E-state index contributed by atoms with van der Waals surface area (Å²) in [4.78, 5) is 24.4. The third kappa shape index (κ3) is 6.15. The maximum absolute atomic E-state index is 12.5. The molecule has 31 heavy (non-hydrogen) atoms. The molecule has 0 saturated heterocycles. The molecule has 0 bridgehead atoms. The Kier molecular flexibility index (Phi) is 8.79. The molecule has 1 aliphatic rings. The van der Waals surface area contributed by atoms with Gasteiger partial charge in [0, 0.05) is 24.1 Å². The van der Waals surface area contributed by atoms with Crippen molar-refractivity contribution < 1.29 is 14.3 Å². The van der Waals surface area contributed by atoms with Gasteiger partial charge in [0.2, 0.25) is 5.28 Å². The third-order valence-electron chi connectivity index (χ3n) is 4.82. The van der Waals surface area contributed by atoms with Crippen LogP contribution in [0.1, 0.15) is 23.2 Å². The standard InChI is InChI=1S/C20H20ClN5O3.2ClH/c21-18-24-19(26-20(25-18)29-17-9-14(22)8-15(17)23)28-10-16(27)13-6-5-11-3-1-2-4-12(11)7-13;;/h1-7,14-15,17H,8-10,22-23H2;2*1H/t14-,15+,17+;;/m1../s1. The molecule has 8 nitrogen and oxygen atoms in total. The first-order chi connectivity index (χ1) is 14.0. The number of benzene rings is 2. The summed E-state index contributed by atoms with van der Waals surface area (Å²) in [7, 11) is 0. The lowest BCUT2D eigenvalue weighted by atomic mass is 10.0. The molecule has 1 aromatic heterocycles. The van der Waals surface area contributed by atoms with Crippen molar-refractivity contribution in [1.82, 2.24) is 15.0 Å². The first-order valence-electron chi connectivity index (χ1n) is 9.22. The summed E-state index contributed by atoms with van der Waals surface area (Å²) in [6.07, 6.45) is 0.948. The molecule has 1 fully saturated rings. The van der Waals surface area contributed by atoms with Crippen LogP contribution in [0.15, 0.2) is 42.5 Å². The monoisotopic (exact) mass is 485 g/mol. The van der Waals surface area contributed by atoms with Crippen molar-refractivity contribution in [1.29, 1.82) is 0 Å². The van der Waals surface area contributed by atoms with Crippen molar-refractivity contribution in [2.45, 2.75) is 31.0 Å². The van der Waals surface area contributed by atoms with Crippen molar-refractivity contribution in [3.8, 4) is 12.0 Å². The van der Waals surface area contributed by atoms with Gasteiger partial charge in [-0.1, -0.05) is 36.4 Å². The quantitative estimate of drug-likeness (QED) is 0.509. The number of Topliss-reactive ketones (excluding diaryl/α,β-unsaturated/α-hetero) is 1. The van der Waals surface area contributed by atoms with Crippen molar-refractivity contribution in [2.24, 2.45) is 11.5 Å². The van der Waals surface area contributed by atoms with E-state index in [-0.39, 0.29) is 72.7 Å². The fourth-order valence-electron chi connectivity index (χ4n) is 3.35. The van der Waals surface area contributed by atoms with E-state index in [0.29, 0.717) is 18.4 Å². The SMILES string of the molecule is Cl.Cl.N[C@H]1C[C@H](Oc2nc(Cl)nc(OCC(=O)c3ccc4ccccc4c3)n2)[C@@H](N)C1. The molecule has 0 unspecified atom stereocenters. The summed E-state index contributed by atoms with van der Waals surface area (Å²) in [5.41, 5.74) is 12.4. The lowest BCUT2D eigenvalue weighted by Crippen LogP contribution is -2.34. The van der Waals surface area contributed by atoms with E-state index < -0.39 is 0 Å². The van der Waals surface area contributed by atoms with E-state index >= 15 is 0 Å². The smallest absolute Gasteiger partial charge is 0.324 e. The van der Waals surface area contributed by atoms with E-state index in [1.165, 1.54) is 0 Å². The molecule has 3 aromatic rings. The van der Waals surface area contributed by atoms with Crippen LogP contribution in [-0.2, 0) is 0 Å². The molecule has 1 heterocycles. The van der Waals surface area contributed by atoms with Crippen LogP contribution in [0.4, 0.5) is 0 Å². The zero-order chi connectivity index (χ0) is 20.4. The summed E-state index contributed by atoms with van der Waals surface area (Å²) in [5, 5.41) is 1.93. The van der Waals surface area contributed by atoms with Crippen molar-refractivity contribution in [3.05, 3.63) is 53.3 Å². The van der Waals surface area contributed by atoms with Crippen molar-refractivity contribution in [2.75, 3.05) is 6.61 Å². The Balaban J connectivity index is 0.00000171. The lowest BCUT2D eigenvalue weighted by Gasteiger charge is -2.16. The molecule has 4 rings (SSSR count). The first-order valence-corrected chi connectivity index (χ1v) is 9.60. The first kappa shape index (κ1) is 25.0. The highest BCUT2D eigenvalue weighted by Crippen LogP contribution is 2.23. The lowest BCUT2D eigenvalue weighted by molar-refractivity contribution is 0.0911. The molecule has 0 amide bonds. The molecule has 0 radical (unpaired) electrons. The highest BCUT2D eigenvalue weighted by Gasteiger charge is 2.32. The molecule has 0 spiro atoms. The average Bonchev–Trinajstić information content (AvgIpc) is 3.02. The Morgan fingerprint density at radius 3 is 2.42 bits per heavy atom. The van der Waals surface area contributed by atoms with Gasteiger partial charge in [0.1, 0.15) is 6.10 Å². The van der Waals surface area contributed by atoms with Crippen LogP contribution in [0.25, 0.3) is 10.8 Å². The maximum Gasteiger partial charge on any atom is 0.324 e. The second kappa shape index (κ2) is 10.9. The maximum atomic E-state index is 12.5. The fraction of sp³-hybridized carbons (Fsp3) is 0.300. The molecule has 3 atom stereocenters. The molecule has 0 aliphatic heterocycles. The molecule has 166 valence electrons. The minimum atomic E-state index is -0.310. The van der Waals surface area contributed by atoms with Crippen LogP contribution in [-0.4, -0.2) is 45.5 Å². The minimum Gasteiger partial charge on any atom is -0.458 e.